The lowest BCUT2D eigenvalue weighted by Gasteiger charge is -2.04. The number of aromatic hydroxyl groups is 1. The number of allylic oxidation sites excluding steroid dienone is 1. The summed E-state index contributed by atoms with van der Waals surface area (Å²) in [6.07, 6.45) is 0. The number of rotatable bonds is 2. The van der Waals surface area contributed by atoms with Crippen LogP contribution in [0.25, 0.3) is 5.57 Å². The Balaban J connectivity index is 3.13. The third kappa shape index (κ3) is 2.02. The molecule has 0 aromatic heterocycles. The van der Waals surface area contributed by atoms with Crippen LogP contribution in [0.4, 0.5) is 0 Å². The second-order valence-corrected chi connectivity index (χ2v) is 3.40. The number of hydrogen-bond acceptors (Lipinski definition) is 1. The SMILES string of the molecule is C=C(CBr)c1cc(Cl)ccc1O. The molecule has 1 aromatic carbocycles. The van der Waals surface area contributed by atoms with Crippen LogP contribution in [0.5, 0.6) is 5.75 Å². The van der Waals surface area contributed by atoms with E-state index in [0.29, 0.717) is 15.9 Å². The van der Waals surface area contributed by atoms with Gasteiger partial charge in [0.15, 0.2) is 0 Å². The summed E-state index contributed by atoms with van der Waals surface area (Å²) in [6.45, 7) is 3.78. The Morgan fingerprint density at radius 1 is 1.58 bits per heavy atom. The summed E-state index contributed by atoms with van der Waals surface area (Å²) in [5.74, 6) is 0.212. The largest absolute Gasteiger partial charge is 0.507 e. The van der Waals surface area contributed by atoms with Gasteiger partial charge in [-0.1, -0.05) is 34.1 Å². The van der Waals surface area contributed by atoms with Gasteiger partial charge < -0.3 is 5.11 Å². The standard InChI is InChI=1S/C9H8BrClO/c1-6(5-10)8-4-7(11)2-3-9(8)12/h2-4,12H,1,5H2. The number of halogens is 2. The van der Waals surface area contributed by atoms with Crippen molar-refractivity contribution in [2.24, 2.45) is 0 Å². The van der Waals surface area contributed by atoms with Gasteiger partial charge in [0.25, 0.3) is 0 Å². The molecule has 1 N–H and O–H groups in total. The molecule has 1 nitrogen and oxygen atoms in total. The van der Waals surface area contributed by atoms with Gasteiger partial charge in [-0.25, -0.2) is 0 Å². The van der Waals surface area contributed by atoms with Crippen molar-refractivity contribution in [2.45, 2.75) is 0 Å². The van der Waals surface area contributed by atoms with E-state index in [9.17, 15) is 5.11 Å². The van der Waals surface area contributed by atoms with Gasteiger partial charge >= 0.3 is 0 Å². The first-order chi connectivity index (χ1) is 5.65. The van der Waals surface area contributed by atoms with Gasteiger partial charge in [0, 0.05) is 15.9 Å². The van der Waals surface area contributed by atoms with Gasteiger partial charge in [0.2, 0.25) is 0 Å². The maximum absolute atomic E-state index is 9.40. The number of phenols is 1. The molecule has 0 radical (unpaired) electrons. The Kier molecular flexibility index (Phi) is 3.18. The van der Waals surface area contributed by atoms with Crippen molar-refractivity contribution >= 4 is 33.1 Å². The summed E-state index contributed by atoms with van der Waals surface area (Å²) in [4.78, 5) is 0. The first-order valence-corrected chi connectivity index (χ1v) is 4.87. The average molecular weight is 248 g/mol. The number of phenolic OH excluding ortho intramolecular Hbond substituents is 1. The molecule has 0 aliphatic rings. The van der Waals surface area contributed by atoms with Crippen LogP contribution < -0.4 is 0 Å². The molecule has 0 amide bonds. The van der Waals surface area contributed by atoms with Gasteiger partial charge in [0.1, 0.15) is 5.75 Å². The highest BCUT2D eigenvalue weighted by Gasteiger charge is 2.04. The fraction of sp³-hybridized carbons (Fsp3) is 0.111. The Bertz CT molecular complexity index is 309. The summed E-state index contributed by atoms with van der Waals surface area (Å²) >= 11 is 9.01. The zero-order valence-electron chi connectivity index (χ0n) is 6.35. The Morgan fingerprint density at radius 3 is 2.83 bits per heavy atom. The van der Waals surface area contributed by atoms with Crippen LogP contribution in [0.3, 0.4) is 0 Å². The Labute approximate surface area is 84.8 Å². The Hall–Kier alpha value is -0.470. The molecular formula is C9H8BrClO. The van der Waals surface area contributed by atoms with E-state index in [1.165, 1.54) is 0 Å². The number of benzene rings is 1. The topological polar surface area (TPSA) is 20.2 Å². The van der Waals surface area contributed by atoms with E-state index in [1.54, 1.807) is 18.2 Å². The molecule has 0 atom stereocenters. The van der Waals surface area contributed by atoms with Crippen LogP contribution in [0, 0.1) is 0 Å². The van der Waals surface area contributed by atoms with Crippen LogP contribution in [0.15, 0.2) is 24.8 Å². The highest BCUT2D eigenvalue weighted by Crippen LogP contribution is 2.27. The van der Waals surface area contributed by atoms with Crippen LogP contribution in [0.1, 0.15) is 5.56 Å². The van der Waals surface area contributed by atoms with Crippen molar-refractivity contribution in [1.29, 1.82) is 0 Å². The second kappa shape index (κ2) is 3.97. The minimum atomic E-state index is 0.212. The molecular weight excluding hydrogens is 239 g/mol. The minimum Gasteiger partial charge on any atom is -0.507 e. The zero-order chi connectivity index (χ0) is 9.14. The summed E-state index contributed by atoms with van der Waals surface area (Å²) in [5, 5.41) is 10.6. The molecule has 0 aliphatic carbocycles. The van der Waals surface area contributed by atoms with Crippen molar-refractivity contribution in [3.05, 3.63) is 35.4 Å². The number of hydrogen-bond donors (Lipinski definition) is 1. The Morgan fingerprint density at radius 2 is 2.25 bits per heavy atom. The molecule has 3 heteroatoms. The number of alkyl halides is 1. The monoisotopic (exact) mass is 246 g/mol. The molecule has 0 aliphatic heterocycles. The maximum Gasteiger partial charge on any atom is 0.123 e. The van der Waals surface area contributed by atoms with Crippen molar-refractivity contribution in [3.8, 4) is 5.75 Å². The highest BCUT2D eigenvalue weighted by atomic mass is 79.9. The summed E-state index contributed by atoms with van der Waals surface area (Å²) in [5.41, 5.74) is 1.51. The van der Waals surface area contributed by atoms with Crippen molar-refractivity contribution in [3.63, 3.8) is 0 Å². The second-order valence-electron chi connectivity index (χ2n) is 2.40. The third-order valence-electron chi connectivity index (χ3n) is 1.50. The average Bonchev–Trinajstić information content (AvgIpc) is 2.08. The van der Waals surface area contributed by atoms with Crippen molar-refractivity contribution < 1.29 is 5.11 Å². The van der Waals surface area contributed by atoms with Gasteiger partial charge in [-0.2, -0.15) is 0 Å². The van der Waals surface area contributed by atoms with Crippen LogP contribution in [0.2, 0.25) is 5.02 Å². The molecule has 0 fully saturated rings. The maximum atomic E-state index is 9.40. The lowest BCUT2D eigenvalue weighted by molar-refractivity contribution is 0.473. The molecule has 0 heterocycles. The summed E-state index contributed by atoms with van der Waals surface area (Å²) in [7, 11) is 0. The van der Waals surface area contributed by atoms with Gasteiger partial charge in [-0.3, -0.25) is 0 Å². The zero-order valence-corrected chi connectivity index (χ0v) is 8.69. The van der Waals surface area contributed by atoms with Crippen LogP contribution in [-0.2, 0) is 0 Å². The van der Waals surface area contributed by atoms with E-state index in [-0.39, 0.29) is 5.75 Å². The van der Waals surface area contributed by atoms with Crippen LogP contribution in [-0.4, -0.2) is 10.4 Å². The molecule has 64 valence electrons. The van der Waals surface area contributed by atoms with Crippen molar-refractivity contribution in [2.75, 3.05) is 5.33 Å². The van der Waals surface area contributed by atoms with E-state index < -0.39 is 0 Å². The minimum absolute atomic E-state index is 0.212. The normalized spacial score (nSPS) is 9.83. The molecule has 0 saturated carbocycles. The van der Waals surface area contributed by atoms with E-state index in [0.717, 1.165) is 5.57 Å². The fourth-order valence-electron chi connectivity index (χ4n) is 0.863. The molecule has 1 rings (SSSR count). The predicted octanol–water partition coefficient (Wildman–Crippen LogP) is 3.45. The summed E-state index contributed by atoms with van der Waals surface area (Å²) in [6, 6.07) is 4.90. The van der Waals surface area contributed by atoms with Crippen LogP contribution >= 0.6 is 27.5 Å². The van der Waals surface area contributed by atoms with Gasteiger partial charge in [-0.15, -0.1) is 0 Å². The molecule has 12 heavy (non-hydrogen) atoms. The highest BCUT2D eigenvalue weighted by molar-refractivity contribution is 9.09. The van der Waals surface area contributed by atoms with Gasteiger partial charge in [-0.05, 0) is 23.8 Å². The van der Waals surface area contributed by atoms with E-state index in [2.05, 4.69) is 22.5 Å². The molecule has 0 saturated heterocycles. The van der Waals surface area contributed by atoms with E-state index in [1.807, 2.05) is 0 Å². The van der Waals surface area contributed by atoms with Gasteiger partial charge in [0.05, 0.1) is 0 Å². The van der Waals surface area contributed by atoms with E-state index in [4.69, 9.17) is 11.6 Å². The molecule has 0 spiro atoms. The molecule has 0 bridgehead atoms. The lowest BCUT2D eigenvalue weighted by Crippen LogP contribution is -1.84. The predicted molar refractivity (Wildman–Crippen MR) is 55.9 cm³/mol. The third-order valence-corrected chi connectivity index (χ3v) is 2.41. The fourth-order valence-corrected chi connectivity index (χ4v) is 1.34. The quantitative estimate of drug-likeness (QED) is 0.794. The summed E-state index contributed by atoms with van der Waals surface area (Å²) < 4.78 is 0. The van der Waals surface area contributed by atoms with Crippen molar-refractivity contribution in [1.82, 2.24) is 0 Å². The first-order valence-electron chi connectivity index (χ1n) is 3.37. The smallest absolute Gasteiger partial charge is 0.123 e. The molecule has 0 unspecified atom stereocenters. The first kappa shape index (κ1) is 9.62. The lowest BCUT2D eigenvalue weighted by atomic mass is 10.1. The van der Waals surface area contributed by atoms with E-state index >= 15 is 0 Å². The molecule has 1 aromatic rings.